The molecule has 0 aliphatic rings. The summed E-state index contributed by atoms with van der Waals surface area (Å²) in [5, 5.41) is 93.8. The van der Waals surface area contributed by atoms with E-state index in [0.717, 1.165) is 14.7 Å². The highest BCUT2D eigenvalue weighted by atomic mass is 16.4. The second kappa shape index (κ2) is 24.2. The van der Waals surface area contributed by atoms with Crippen LogP contribution in [-0.2, 0) is 24.0 Å². The molecule has 0 bridgehead atoms. The first-order valence-corrected chi connectivity index (χ1v) is 15.9. The zero-order valence-electron chi connectivity index (χ0n) is 29.3. The molecule has 5 amide bonds. The molecule has 292 valence electrons. The summed E-state index contributed by atoms with van der Waals surface area (Å²) in [6.45, 7) is -4.00. The van der Waals surface area contributed by atoms with Crippen LogP contribution in [0, 0.1) is 0 Å². The number of carbonyl (C=O) groups excluding carboxylic acids is 5. The quantitative estimate of drug-likeness (QED) is 0.0416. The van der Waals surface area contributed by atoms with Gasteiger partial charge in [0.2, 0.25) is 29.5 Å². The average Bonchev–Trinajstić information content (AvgIpc) is 3.06. The molecule has 0 aromatic rings. The number of rotatable bonds is 25. The molecule has 0 aliphatic carbocycles. The van der Waals surface area contributed by atoms with Crippen LogP contribution in [-0.4, -0.2) is 250 Å². The fourth-order valence-electron chi connectivity index (χ4n) is 4.36. The highest BCUT2D eigenvalue weighted by Gasteiger charge is 2.33. The average molecular weight is 728 g/mol. The maximum absolute atomic E-state index is 12.7. The number of amides is 5. The van der Waals surface area contributed by atoms with Gasteiger partial charge in [-0.25, -0.2) is 0 Å². The lowest BCUT2D eigenvalue weighted by Crippen LogP contribution is -2.53. The SMILES string of the molecule is CNCC(=O)N(C)CC(=O)N(C)CC(=O)N(C)CC(=O)N(C)CC(=O)NCCN(C[C@H](O)[C@@H](O)[C@H](O)[C@H](O)CO)C[C@H](O)[C@@H](O)[C@H](O)CCO. The van der Waals surface area contributed by atoms with Gasteiger partial charge in [-0.3, -0.25) is 28.9 Å². The molecule has 11 N–H and O–H groups in total. The molecule has 0 spiro atoms. The van der Waals surface area contributed by atoms with Crippen molar-refractivity contribution in [1.29, 1.82) is 0 Å². The molecule has 0 radical (unpaired) electrons. The molecule has 21 heteroatoms. The van der Waals surface area contributed by atoms with Crippen LogP contribution in [0.3, 0.4) is 0 Å². The van der Waals surface area contributed by atoms with Crippen LogP contribution in [0.25, 0.3) is 0 Å². The maximum atomic E-state index is 12.7. The van der Waals surface area contributed by atoms with Gasteiger partial charge >= 0.3 is 0 Å². The van der Waals surface area contributed by atoms with Gasteiger partial charge in [0.25, 0.3) is 0 Å². The van der Waals surface area contributed by atoms with Crippen molar-refractivity contribution in [2.45, 2.75) is 49.1 Å². The van der Waals surface area contributed by atoms with Crippen LogP contribution in [0.15, 0.2) is 0 Å². The maximum Gasteiger partial charge on any atom is 0.242 e. The van der Waals surface area contributed by atoms with Gasteiger partial charge < -0.3 is 76.2 Å². The Bertz CT molecular complexity index is 1060. The van der Waals surface area contributed by atoms with Crippen molar-refractivity contribution in [2.75, 3.05) is 107 Å². The van der Waals surface area contributed by atoms with E-state index in [9.17, 15) is 59.7 Å². The highest BCUT2D eigenvalue weighted by Crippen LogP contribution is 2.10. The minimum atomic E-state index is -1.94. The van der Waals surface area contributed by atoms with Crippen molar-refractivity contribution in [3.05, 3.63) is 0 Å². The Labute approximate surface area is 291 Å². The Morgan fingerprint density at radius 2 is 1.00 bits per heavy atom. The summed E-state index contributed by atoms with van der Waals surface area (Å²) in [4.78, 5) is 67.9. The van der Waals surface area contributed by atoms with Gasteiger partial charge in [-0.2, -0.15) is 0 Å². The Kier molecular flexibility index (Phi) is 22.7. The molecule has 0 fully saturated rings. The molecule has 0 saturated carbocycles. The molecular formula is C29H57N7O14. The number of hydrogen-bond acceptors (Lipinski definition) is 16. The number of hydrogen-bond donors (Lipinski definition) is 11. The third kappa shape index (κ3) is 17.2. The summed E-state index contributed by atoms with van der Waals surface area (Å²) in [6.07, 6.45) is -12.5. The van der Waals surface area contributed by atoms with E-state index in [1.807, 2.05) is 0 Å². The number of nitrogens with one attached hydrogen (secondary N) is 2. The Morgan fingerprint density at radius 1 is 0.580 bits per heavy atom. The van der Waals surface area contributed by atoms with Gasteiger partial charge in [-0.1, -0.05) is 0 Å². The van der Waals surface area contributed by atoms with Crippen molar-refractivity contribution in [1.82, 2.24) is 35.1 Å². The zero-order valence-corrected chi connectivity index (χ0v) is 29.3. The smallest absolute Gasteiger partial charge is 0.242 e. The molecule has 0 unspecified atom stereocenters. The Morgan fingerprint density at radius 3 is 1.44 bits per heavy atom. The molecule has 0 heterocycles. The summed E-state index contributed by atoms with van der Waals surface area (Å²) in [7, 11) is 7.06. The lowest BCUT2D eigenvalue weighted by molar-refractivity contribution is -0.144. The van der Waals surface area contributed by atoms with Gasteiger partial charge in [0.05, 0.1) is 57.6 Å². The molecule has 0 aromatic carbocycles. The largest absolute Gasteiger partial charge is 0.396 e. The van der Waals surface area contributed by atoms with Crippen molar-refractivity contribution >= 4 is 29.5 Å². The normalized spacial score (nSPS) is 15.7. The van der Waals surface area contributed by atoms with Crippen LogP contribution in [0.2, 0.25) is 0 Å². The number of nitrogens with zero attached hydrogens (tertiary/aromatic N) is 5. The van der Waals surface area contributed by atoms with Crippen LogP contribution in [0.5, 0.6) is 0 Å². The first-order valence-electron chi connectivity index (χ1n) is 15.9. The Hall–Kier alpha value is -3.09. The third-order valence-electron chi connectivity index (χ3n) is 7.71. The van der Waals surface area contributed by atoms with E-state index < -0.39 is 106 Å². The standard InChI is InChI=1S/C29H57N7O14/c1-30-10-23(44)33(3)14-25(46)35(5)16-26(47)34(4)15-24(45)32(2)13-22(43)31-7-8-36(11-19(40)27(48)18(39)6-9-37)12-20(41)28(49)29(50)21(42)17-38/h18-21,27-30,37-42,48-50H,6-17H2,1-5H3,(H,31,43)/t18-,19+,20+,21-,27+,28-,29-/m1/s1. The molecule has 0 aromatic heterocycles. The molecular weight excluding hydrogens is 670 g/mol. The molecule has 0 aliphatic heterocycles. The van der Waals surface area contributed by atoms with Crippen LogP contribution in [0.1, 0.15) is 6.42 Å². The van der Waals surface area contributed by atoms with Crippen molar-refractivity contribution in [2.24, 2.45) is 0 Å². The topological polar surface area (TPSA) is 308 Å². The fourth-order valence-corrected chi connectivity index (χ4v) is 4.36. The van der Waals surface area contributed by atoms with E-state index in [2.05, 4.69) is 10.6 Å². The van der Waals surface area contributed by atoms with Gasteiger partial charge in [-0.15, -0.1) is 0 Å². The summed E-state index contributed by atoms with van der Waals surface area (Å²) in [5.74, 6) is -2.63. The van der Waals surface area contributed by atoms with E-state index in [1.54, 1.807) is 7.05 Å². The van der Waals surface area contributed by atoms with E-state index in [4.69, 9.17) is 10.2 Å². The van der Waals surface area contributed by atoms with Crippen LogP contribution in [0.4, 0.5) is 0 Å². The molecule has 50 heavy (non-hydrogen) atoms. The fraction of sp³-hybridized carbons (Fsp3) is 0.828. The molecule has 7 atom stereocenters. The summed E-state index contributed by atoms with van der Waals surface area (Å²) in [5.41, 5.74) is 0. The van der Waals surface area contributed by atoms with Crippen molar-refractivity contribution < 1.29 is 69.9 Å². The highest BCUT2D eigenvalue weighted by molar-refractivity contribution is 5.91. The minimum Gasteiger partial charge on any atom is -0.396 e. The molecule has 0 saturated heterocycles. The van der Waals surface area contributed by atoms with E-state index in [-0.39, 0.29) is 45.1 Å². The van der Waals surface area contributed by atoms with Gasteiger partial charge in [-0.05, 0) is 13.5 Å². The van der Waals surface area contributed by atoms with E-state index >= 15 is 0 Å². The van der Waals surface area contributed by atoms with Gasteiger partial charge in [0, 0.05) is 61.0 Å². The lowest BCUT2D eigenvalue weighted by Gasteiger charge is -2.33. The van der Waals surface area contributed by atoms with Crippen molar-refractivity contribution in [3.8, 4) is 0 Å². The zero-order chi connectivity index (χ0) is 38.7. The first kappa shape index (κ1) is 46.9. The van der Waals surface area contributed by atoms with Crippen LogP contribution < -0.4 is 10.6 Å². The predicted octanol–water partition coefficient (Wildman–Crippen LogP) is -8.64. The lowest BCUT2D eigenvalue weighted by atomic mass is 10.0. The number of aliphatic hydroxyl groups is 9. The van der Waals surface area contributed by atoms with Crippen molar-refractivity contribution in [3.63, 3.8) is 0 Å². The second-order valence-electron chi connectivity index (χ2n) is 12.1. The third-order valence-corrected chi connectivity index (χ3v) is 7.71. The monoisotopic (exact) mass is 727 g/mol. The molecule has 21 nitrogen and oxygen atoms in total. The number of aliphatic hydroxyl groups excluding tert-OH is 9. The van der Waals surface area contributed by atoms with Crippen LogP contribution >= 0.6 is 0 Å². The first-order chi connectivity index (χ1) is 23.3. The molecule has 0 rings (SSSR count). The summed E-state index contributed by atoms with van der Waals surface area (Å²) in [6, 6.07) is 0. The Balaban J connectivity index is 5.13. The minimum absolute atomic E-state index is 0.0367. The predicted molar refractivity (Wildman–Crippen MR) is 175 cm³/mol. The van der Waals surface area contributed by atoms with Gasteiger partial charge in [0.1, 0.15) is 24.4 Å². The summed E-state index contributed by atoms with van der Waals surface area (Å²) >= 11 is 0. The van der Waals surface area contributed by atoms with E-state index in [0.29, 0.717) is 0 Å². The number of carbonyl (C=O) groups is 5. The van der Waals surface area contributed by atoms with E-state index in [1.165, 1.54) is 38.0 Å². The number of likely N-dealkylation sites (N-methyl/N-ethyl adjacent to an activating group) is 5. The second-order valence-corrected chi connectivity index (χ2v) is 12.1. The summed E-state index contributed by atoms with van der Waals surface area (Å²) < 4.78 is 0. The van der Waals surface area contributed by atoms with Gasteiger partial charge in [0.15, 0.2) is 0 Å².